The van der Waals surface area contributed by atoms with Gasteiger partial charge in [-0.25, -0.2) is 9.78 Å². The van der Waals surface area contributed by atoms with Crippen molar-refractivity contribution in [1.29, 1.82) is 0 Å². The third-order valence-electron chi connectivity index (χ3n) is 2.13. The van der Waals surface area contributed by atoms with Crippen LogP contribution in [0.15, 0.2) is 12.3 Å². The molecule has 0 aromatic carbocycles. The van der Waals surface area contributed by atoms with Gasteiger partial charge < -0.3 is 20.9 Å². The molecule has 0 bridgehead atoms. The molecule has 0 fully saturated rings. The molecule has 0 aliphatic rings. The van der Waals surface area contributed by atoms with Crippen LogP contribution in [-0.2, 0) is 4.74 Å². The maximum absolute atomic E-state index is 10.7. The molecule has 6 heteroatoms. The zero-order valence-corrected chi connectivity index (χ0v) is 9.77. The Hall–Kier alpha value is -1.82. The molecule has 0 saturated carbocycles. The van der Waals surface area contributed by atoms with Crippen LogP contribution in [-0.4, -0.2) is 35.8 Å². The molecule has 1 rings (SSSR count). The zero-order chi connectivity index (χ0) is 12.7. The summed E-state index contributed by atoms with van der Waals surface area (Å²) in [7, 11) is 0. The molecule has 0 aliphatic heterocycles. The summed E-state index contributed by atoms with van der Waals surface area (Å²) in [6.45, 7) is 4.01. The summed E-state index contributed by atoms with van der Waals surface area (Å²) in [5, 5.41) is 11.8. The van der Waals surface area contributed by atoms with E-state index in [0.717, 1.165) is 6.42 Å². The van der Waals surface area contributed by atoms with E-state index < -0.39 is 5.97 Å². The Morgan fingerprint density at radius 2 is 2.41 bits per heavy atom. The van der Waals surface area contributed by atoms with Gasteiger partial charge in [-0.05, 0) is 19.4 Å². The number of pyridine rings is 1. The SMILES string of the molecule is CCOCCCNc1ncc(C(=O)O)cc1N. The monoisotopic (exact) mass is 239 g/mol. The van der Waals surface area contributed by atoms with Gasteiger partial charge in [-0.1, -0.05) is 0 Å². The van der Waals surface area contributed by atoms with Gasteiger partial charge in [-0.3, -0.25) is 0 Å². The van der Waals surface area contributed by atoms with Crippen LogP contribution in [0.3, 0.4) is 0 Å². The first kappa shape index (κ1) is 13.2. The summed E-state index contributed by atoms with van der Waals surface area (Å²) >= 11 is 0. The van der Waals surface area contributed by atoms with Crippen LogP contribution in [0, 0.1) is 0 Å². The fraction of sp³-hybridized carbons (Fsp3) is 0.455. The van der Waals surface area contributed by atoms with Crippen LogP contribution < -0.4 is 11.1 Å². The number of aromatic nitrogens is 1. The van der Waals surface area contributed by atoms with Crippen LogP contribution in [0.5, 0.6) is 0 Å². The lowest BCUT2D eigenvalue weighted by Crippen LogP contribution is -2.10. The molecule has 1 heterocycles. The summed E-state index contributed by atoms with van der Waals surface area (Å²) in [6, 6.07) is 1.39. The van der Waals surface area contributed by atoms with Crippen molar-refractivity contribution in [1.82, 2.24) is 4.98 Å². The van der Waals surface area contributed by atoms with E-state index >= 15 is 0 Å². The number of nitrogens with zero attached hydrogens (tertiary/aromatic N) is 1. The number of aromatic carboxylic acids is 1. The second kappa shape index (κ2) is 6.70. The summed E-state index contributed by atoms with van der Waals surface area (Å²) in [6.07, 6.45) is 2.12. The van der Waals surface area contributed by atoms with Crippen molar-refractivity contribution >= 4 is 17.5 Å². The van der Waals surface area contributed by atoms with Crippen molar-refractivity contribution in [3.63, 3.8) is 0 Å². The van der Waals surface area contributed by atoms with Crippen LogP contribution in [0.2, 0.25) is 0 Å². The van der Waals surface area contributed by atoms with Gasteiger partial charge in [0.2, 0.25) is 0 Å². The lowest BCUT2D eigenvalue weighted by molar-refractivity contribution is 0.0696. The number of carboxylic acids is 1. The van der Waals surface area contributed by atoms with Crippen molar-refractivity contribution in [2.75, 3.05) is 30.8 Å². The topological polar surface area (TPSA) is 97.5 Å². The Bertz CT molecular complexity index is 382. The molecule has 0 radical (unpaired) electrons. The van der Waals surface area contributed by atoms with E-state index in [1.54, 1.807) is 0 Å². The summed E-state index contributed by atoms with van der Waals surface area (Å²) < 4.78 is 5.18. The van der Waals surface area contributed by atoms with E-state index in [1.165, 1.54) is 12.3 Å². The van der Waals surface area contributed by atoms with Crippen molar-refractivity contribution in [3.8, 4) is 0 Å². The Morgan fingerprint density at radius 1 is 1.65 bits per heavy atom. The molecule has 1 aromatic rings. The quantitative estimate of drug-likeness (QED) is 0.618. The molecule has 4 N–H and O–H groups in total. The Labute approximate surface area is 99.8 Å². The van der Waals surface area contributed by atoms with Crippen LogP contribution >= 0.6 is 0 Å². The Balaban J connectivity index is 2.46. The minimum atomic E-state index is -1.04. The van der Waals surface area contributed by atoms with Gasteiger partial charge in [-0.15, -0.1) is 0 Å². The van der Waals surface area contributed by atoms with E-state index in [2.05, 4.69) is 10.3 Å². The van der Waals surface area contributed by atoms with Gasteiger partial charge in [0.05, 0.1) is 11.3 Å². The van der Waals surface area contributed by atoms with E-state index in [0.29, 0.717) is 31.3 Å². The van der Waals surface area contributed by atoms with Gasteiger partial charge >= 0.3 is 5.97 Å². The highest BCUT2D eigenvalue weighted by molar-refractivity contribution is 5.89. The third-order valence-corrected chi connectivity index (χ3v) is 2.13. The predicted molar refractivity (Wildman–Crippen MR) is 65.2 cm³/mol. The fourth-order valence-corrected chi connectivity index (χ4v) is 1.27. The highest BCUT2D eigenvalue weighted by atomic mass is 16.5. The number of nitrogen functional groups attached to an aromatic ring is 1. The molecule has 1 aromatic heterocycles. The number of carboxylic acid groups (broad SMARTS) is 1. The van der Waals surface area contributed by atoms with E-state index in [4.69, 9.17) is 15.6 Å². The molecule has 17 heavy (non-hydrogen) atoms. The number of carbonyl (C=O) groups is 1. The first-order chi connectivity index (χ1) is 8.15. The summed E-state index contributed by atoms with van der Waals surface area (Å²) in [5.74, 6) is -0.529. The van der Waals surface area contributed by atoms with Crippen LogP contribution in [0.4, 0.5) is 11.5 Å². The third kappa shape index (κ3) is 4.28. The number of hydrogen-bond acceptors (Lipinski definition) is 5. The number of nitrogens with two attached hydrogens (primary N) is 1. The van der Waals surface area contributed by atoms with Crippen molar-refractivity contribution in [2.45, 2.75) is 13.3 Å². The highest BCUT2D eigenvalue weighted by Gasteiger charge is 2.06. The van der Waals surface area contributed by atoms with Gasteiger partial charge in [0, 0.05) is 26.0 Å². The molecule has 0 atom stereocenters. The van der Waals surface area contributed by atoms with Gasteiger partial charge in [0.1, 0.15) is 5.82 Å². The Morgan fingerprint density at radius 3 is 3.00 bits per heavy atom. The average Bonchev–Trinajstić information content (AvgIpc) is 2.30. The number of hydrogen-bond donors (Lipinski definition) is 3. The van der Waals surface area contributed by atoms with E-state index in [1.807, 2.05) is 6.92 Å². The van der Waals surface area contributed by atoms with Crippen molar-refractivity contribution < 1.29 is 14.6 Å². The van der Waals surface area contributed by atoms with Gasteiger partial charge in [-0.2, -0.15) is 0 Å². The molecular weight excluding hydrogens is 222 g/mol. The molecule has 0 amide bonds. The molecule has 0 saturated heterocycles. The number of ether oxygens (including phenoxy) is 1. The fourth-order valence-electron chi connectivity index (χ4n) is 1.27. The highest BCUT2D eigenvalue weighted by Crippen LogP contribution is 2.16. The first-order valence-corrected chi connectivity index (χ1v) is 5.45. The number of rotatable bonds is 7. The predicted octanol–water partition coefficient (Wildman–Crippen LogP) is 1.20. The second-order valence-electron chi connectivity index (χ2n) is 3.44. The molecule has 0 unspecified atom stereocenters. The zero-order valence-electron chi connectivity index (χ0n) is 9.77. The number of anilines is 2. The normalized spacial score (nSPS) is 10.2. The molecule has 0 spiro atoms. The standard InChI is InChI=1S/C11H17N3O3/c1-2-17-5-3-4-13-10-9(12)6-8(7-14-10)11(15)16/h6-7H,2-5,12H2,1H3,(H,13,14)(H,15,16). The van der Waals surface area contributed by atoms with E-state index in [9.17, 15) is 4.79 Å². The van der Waals surface area contributed by atoms with Gasteiger partial charge in [0.25, 0.3) is 0 Å². The lowest BCUT2D eigenvalue weighted by Gasteiger charge is -2.08. The van der Waals surface area contributed by atoms with Crippen molar-refractivity contribution in [2.24, 2.45) is 0 Å². The molecule has 94 valence electrons. The minimum absolute atomic E-state index is 0.0855. The van der Waals surface area contributed by atoms with Crippen molar-refractivity contribution in [3.05, 3.63) is 17.8 Å². The van der Waals surface area contributed by atoms with Crippen LogP contribution in [0.1, 0.15) is 23.7 Å². The second-order valence-corrected chi connectivity index (χ2v) is 3.44. The first-order valence-electron chi connectivity index (χ1n) is 5.45. The summed E-state index contributed by atoms with van der Waals surface area (Å²) in [4.78, 5) is 14.6. The number of nitrogens with one attached hydrogen (secondary N) is 1. The molecule has 6 nitrogen and oxygen atoms in total. The largest absolute Gasteiger partial charge is 0.478 e. The lowest BCUT2D eigenvalue weighted by atomic mass is 10.2. The maximum Gasteiger partial charge on any atom is 0.337 e. The average molecular weight is 239 g/mol. The maximum atomic E-state index is 10.7. The summed E-state index contributed by atoms with van der Waals surface area (Å²) in [5.41, 5.74) is 6.10. The Kier molecular flexibility index (Phi) is 5.22. The molecular formula is C11H17N3O3. The smallest absolute Gasteiger partial charge is 0.337 e. The molecule has 0 aliphatic carbocycles. The van der Waals surface area contributed by atoms with Gasteiger partial charge in [0.15, 0.2) is 0 Å². The van der Waals surface area contributed by atoms with Crippen LogP contribution in [0.25, 0.3) is 0 Å². The minimum Gasteiger partial charge on any atom is -0.478 e. The van der Waals surface area contributed by atoms with E-state index in [-0.39, 0.29) is 5.56 Å².